The number of carbonyl (C=O) groups is 1. The van der Waals surface area contributed by atoms with E-state index < -0.39 is 0 Å². The van der Waals surface area contributed by atoms with Gasteiger partial charge in [0, 0.05) is 59.6 Å². The van der Waals surface area contributed by atoms with Crippen LogP contribution in [0.5, 0.6) is 0 Å². The van der Waals surface area contributed by atoms with E-state index in [9.17, 15) is 4.79 Å². The van der Waals surface area contributed by atoms with Crippen LogP contribution >= 0.6 is 11.3 Å². The van der Waals surface area contributed by atoms with Gasteiger partial charge in [-0.25, -0.2) is 9.97 Å². The predicted octanol–water partition coefficient (Wildman–Crippen LogP) is 4.90. The van der Waals surface area contributed by atoms with Gasteiger partial charge in [-0.15, -0.1) is 11.3 Å². The average molecular weight is 495 g/mol. The number of pyridine rings is 2. The van der Waals surface area contributed by atoms with Gasteiger partial charge in [-0.3, -0.25) is 14.8 Å². The normalized spacial score (nSPS) is 13.6. The summed E-state index contributed by atoms with van der Waals surface area (Å²) in [6.07, 6.45) is 6.82. The summed E-state index contributed by atoms with van der Waals surface area (Å²) in [4.78, 5) is 34.2. The van der Waals surface area contributed by atoms with Crippen molar-refractivity contribution in [1.82, 2.24) is 19.9 Å². The van der Waals surface area contributed by atoms with Crippen molar-refractivity contribution in [2.75, 3.05) is 36.5 Å². The van der Waals surface area contributed by atoms with Gasteiger partial charge >= 0.3 is 0 Å². The molecule has 1 aliphatic heterocycles. The topological polar surface area (TPSA) is 93.1 Å². The third kappa shape index (κ3) is 4.53. The van der Waals surface area contributed by atoms with Gasteiger partial charge in [-0.2, -0.15) is 0 Å². The van der Waals surface area contributed by atoms with Crippen LogP contribution in [0, 0.1) is 0 Å². The Balaban J connectivity index is 1.40. The van der Waals surface area contributed by atoms with Gasteiger partial charge in [0.05, 0.1) is 29.0 Å². The molecular weight excluding hydrogens is 472 g/mol. The number of hydrogen-bond acceptors (Lipinski definition) is 8. The van der Waals surface area contributed by atoms with Crippen molar-refractivity contribution in [2.24, 2.45) is 0 Å². The Hall–Kier alpha value is -4.21. The highest BCUT2D eigenvalue weighted by Crippen LogP contribution is 2.38. The Bertz CT molecular complexity index is 1520. The monoisotopic (exact) mass is 494 g/mol. The minimum Gasteiger partial charge on any atom is -0.378 e. The van der Waals surface area contributed by atoms with Crippen LogP contribution in [0.1, 0.15) is 10.4 Å². The Kier molecular flexibility index (Phi) is 6.06. The number of amides is 1. The molecule has 1 aromatic carbocycles. The lowest BCUT2D eigenvalue weighted by molar-refractivity contribution is 0.102. The number of anilines is 2. The van der Waals surface area contributed by atoms with Gasteiger partial charge < -0.3 is 15.0 Å². The summed E-state index contributed by atoms with van der Waals surface area (Å²) >= 11 is 1.67. The molecule has 1 saturated heterocycles. The second kappa shape index (κ2) is 9.80. The second-order valence-corrected chi connectivity index (χ2v) is 9.37. The number of carbonyl (C=O) groups excluding carboxylic acids is 1. The zero-order valence-electron chi connectivity index (χ0n) is 19.3. The molecule has 0 radical (unpaired) electrons. The number of fused-ring (bicyclic) bond motifs is 1. The van der Waals surface area contributed by atoms with E-state index in [0.717, 1.165) is 45.1 Å². The molecule has 178 valence electrons. The van der Waals surface area contributed by atoms with E-state index in [1.54, 1.807) is 42.1 Å². The molecule has 1 amide bonds. The second-order valence-electron chi connectivity index (χ2n) is 8.31. The summed E-state index contributed by atoms with van der Waals surface area (Å²) in [6.45, 7) is 2.87. The number of morpholine rings is 1. The van der Waals surface area contributed by atoms with E-state index in [-0.39, 0.29) is 5.91 Å². The molecule has 1 aliphatic rings. The molecule has 6 rings (SSSR count). The highest BCUT2D eigenvalue weighted by Gasteiger charge is 2.21. The van der Waals surface area contributed by atoms with E-state index in [0.29, 0.717) is 30.3 Å². The van der Waals surface area contributed by atoms with Gasteiger partial charge in [0.2, 0.25) is 0 Å². The van der Waals surface area contributed by atoms with E-state index >= 15 is 0 Å². The van der Waals surface area contributed by atoms with E-state index in [1.165, 1.54) is 0 Å². The highest BCUT2D eigenvalue weighted by molar-refractivity contribution is 7.22. The third-order valence-electron chi connectivity index (χ3n) is 5.91. The first kappa shape index (κ1) is 22.3. The third-order valence-corrected chi connectivity index (χ3v) is 7.08. The summed E-state index contributed by atoms with van der Waals surface area (Å²) in [6, 6.07) is 17.1. The number of benzene rings is 1. The largest absolute Gasteiger partial charge is 0.378 e. The van der Waals surface area contributed by atoms with Crippen LogP contribution in [-0.4, -0.2) is 52.1 Å². The molecule has 1 fully saturated rings. The Labute approximate surface area is 211 Å². The molecular formula is C27H22N6O2S. The van der Waals surface area contributed by atoms with E-state index in [2.05, 4.69) is 32.3 Å². The molecule has 0 saturated carbocycles. The van der Waals surface area contributed by atoms with Crippen LogP contribution in [0.15, 0.2) is 79.4 Å². The van der Waals surface area contributed by atoms with Crippen molar-refractivity contribution in [3.8, 4) is 21.8 Å². The van der Waals surface area contributed by atoms with Crippen LogP contribution in [-0.2, 0) is 4.74 Å². The predicted molar refractivity (Wildman–Crippen MR) is 141 cm³/mol. The Morgan fingerprint density at radius 3 is 2.50 bits per heavy atom. The minimum atomic E-state index is -0.218. The lowest BCUT2D eigenvalue weighted by Gasteiger charge is -2.28. The lowest BCUT2D eigenvalue weighted by Crippen LogP contribution is -2.36. The number of nitrogens with one attached hydrogen (secondary N) is 1. The number of aromatic nitrogens is 4. The first-order valence-corrected chi connectivity index (χ1v) is 12.4. The summed E-state index contributed by atoms with van der Waals surface area (Å²) in [7, 11) is 0. The van der Waals surface area contributed by atoms with E-state index in [4.69, 9.17) is 14.7 Å². The van der Waals surface area contributed by atoms with Crippen LogP contribution in [0.2, 0.25) is 0 Å². The molecule has 0 unspecified atom stereocenters. The summed E-state index contributed by atoms with van der Waals surface area (Å²) in [5, 5.41) is 2.94. The molecule has 0 aliphatic carbocycles. The first-order chi connectivity index (χ1) is 17.7. The van der Waals surface area contributed by atoms with Crippen molar-refractivity contribution in [2.45, 2.75) is 0 Å². The maximum absolute atomic E-state index is 12.6. The Morgan fingerprint density at radius 2 is 1.72 bits per heavy atom. The van der Waals surface area contributed by atoms with Crippen molar-refractivity contribution >= 4 is 39.0 Å². The van der Waals surface area contributed by atoms with Gasteiger partial charge in [0.1, 0.15) is 0 Å². The maximum atomic E-state index is 12.6. The van der Waals surface area contributed by atoms with Crippen molar-refractivity contribution in [3.05, 3.63) is 84.9 Å². The Morgan fingerprint density at radius 1 is 0.917 bits per heavy atom. The zero-order chi connectivity index (χ0) is 24.3. The molecule has 36 heavy (non-hydrogen) atoms. The SMILES string of the molecule is O=C(Nc1cccc(-c2nc(N3CCOCC3)c3sc(-c4cccnc4)cc3n2)c1)c1cccnc1. The highest BCUT2D eigenvalue weighted by atomic mass is 32.1. The van der Waals surface area contributed by atoms with Gasteiger partial charge in [-0.05, 0) is 36.4 Å². The smallest absolute Gasteiger partial charge is 0.257 e. The number of ether oxygens (including phenoxy) is 1. The summed E-state index contributed by atoms with van der Waals surface area (Å²) in [5.74, 6) is 1.30. The molecule has 5 aromatic rings. The van der Waals surface area contributed by atoms with Crippen molar-refractivity contribution in [1.29, 1.82) is 0 Å². The van der Waals surface area contributed by atoms with Crippen molar-refractivity contribution in [3.63, 3.8) is 0 Å². The lowest BCUT2D eigenvalue weighted by atomic mass is 10.1. The number of nitrogens with zero attached hydrogens (tertiary/aromatic N) is 5. The van der Waals surface area contributed by atoms with Gasteiger partial charge in [0.15, 0.2) is 11.6 Å². The molecule has 1 N–H and O–H groups in total. The summed E-state index contributed by atoms with van der Waals surface area (Å²) in [5.41, 5.74) is 3.92. The zero-order valence-corrected chi connectivity index (χ0v) is 20.1. The average Bonchev–Trinajstić information content (AvgIpc) is 3.38. The molecule has 4 aromatic heterocycles. The molecule has 5 heterocycles. The van der Waals surface area contributed by atoms with E-state index in [1.807, 2.05) is 36.5 Å². The van der Waals surface area contributed by atoms with Crippen LogP contribution < -0.4 is 10.2 Å². The molecule has 9 heteroatoms. The molecule has 0 spiro atoms. The quantitative estimate of drug-likeness (QED) is 0.371. The van der Waals surface area contributed by atoms with Crippen LogP contribution in [0.25, 0.3) is 32.0 Å². The molecule has 0 atom stereocenters. The molecule has 0 bridgehead atoms. The number of thiophene rings is 1. The number of rotatable bonds is 5. The number of hydrogen-bond donors (Lipinski definition) is 1. The van der Waals surface area contributed by atoms with Gasteiger partial charge in [-0.1, -0.05) is 18.2 Å². The maximum Gasteiger partial charge on any atom is 0.257 e. The fourth-order valence-corrected chi connectivity index (χ4v) is 5.22. The fourth-order valence-electron chi connectivity index (χ4n) is 4.12. The minimum absolute atomic E-state index is 0.218. The van der Waals surface area contributed by atoms with Crippen molar-refractivity contribution < 1.29 is 9.53 Å². The van der Waals surface area contributed by atoms with Crippen LogP contribution in [0.4, 0.5) is 11.5 Å². The fraction of sp³-hybridized carbons (Fsp3) is 0.148. The first-order valence-electron chi connectivity index (χ1n) is 11.6. The van der Waals surface area contributed by atoms with Gasteiger partial charge in [0.25, 0.3) is 5.91 Å². The molecule has 8 nitrogen and oxygen atoms in total. The van der Waals surface area contributed by atoms with Crippen LogP contribution in [0.3, 0.4) is 0 Å². The standard InChI is InChI=1S/C27H22N6O2S/c34-27(20-6-3-9-29-17-20)30-21-7-1-4-18(14-21)25-31-22-15-23(19-5-2-8-28-16-19)36-24(22)26(32-25)33-10-12-35-13-11-33/h1-9,14-17H,10-13H2,(H,30,34). The summed E-state index contributed by atoms with van der Waals surface area (Å²) < 4.78 is 6.62.